The van der Waals surface area contributed by atoms with Gasteiger partial charge in [-0.25, -0.2) is 0 Å². The summed E-state index contributed by atoms with van der Waals surface area (Å²) in [5.41, 5.74) is 0. The Kier molecular flexibility index (Phi) is 11.5. The molecule has 1 heterocycles. The molecule has 0 saturated carbocycles. The molecular weight excluding hydrogens is 268 g/mol. The molecule has 1 aliphatic heterocycles. The molecule has 0 unspecified atom stereocenters. The van der Waals surface area contributed by atoms with Crippen molar-refractivity contribution < 1.29 is 19.0 Å². The van der Waals surface area contributed by atoms with Gasteiger partial charge < -0.3 is 14.2 Å². The van der Waals surface area contributed by atoms with E-state index in [0.717, 1.165) is 51.6 Å². The minimum absolute atomic E-state index is 0.0612. The van der Waals surface area contributed by atoms with Crippen molar-refractivity contribution in [1.29, 1.82) is 0 Å². The molecule has 0 N–H and O–H groups in total. The van der Waals surface area contributed by atoms with Gasteiger partial charge in [-0.15, -0.1) is 0 Å². The van der Waals surface area contributed by atoms with Crippen LogP contribution >= 0.6 is 0 Å². The molecule has 0 aromatic carbocycles. The monoisotopic (exact) mass is 300 g/mol. The van der Waals surface area contributed by atoms with Gasteiger partial charge >= 0.3 is 5.97 Å². The Bertz CT molecular complexity index is 249. The first-order valence-corrected chi connectivity index (χ1v) is 8.64. The number of carbonyl (C=O) groups is 1. The van der Waals surface area contributed by atoms with Gasteiger partial charge in [0.1, 0.15) is 0 Å². The average molecular weight is 300 g/mol. The number of ether oxygens (including phenoxy) is 3. The summed E-state index contributed by atoms with van der Waals surface area (Å²) in [4.78, 5) is 11.1. The fourth-order valence-electron chi connectivity index (χ4n) is 2.62. The number of esters is 1. The number of hydrogen-bond acceptors (Lipinski definition) is 4. The molecule has 124 valence electrons. The normalized spacial score (nSPS) is 16.0. The van der Waals surface area contributed by atoms with Crippen molar-refractivity contribution in [3.8, 4) is 0 Å². The number of hydrogen-bond donors (Lipinski definition) is 0. The van der Waals surface area contributed by atoms with Crippen LogP contribution in [0.25, 0.3) is 0 Å². The van der Waals surface area contributed by atoms with E-state index >= 15 is 0 Å². The molecule has 4 nitrogen and oxygen atoms in total. The van der Waals surface area contributed by atoms with E-state index in [1.807, 2.05) is 6.92 Å². The third kappa shape index (κ3) is 10.7. The number of rotatable bonds is 12. The van der Waals surface area contributed by atoms with Crippen molar-refractivity contribution in [3.05, 3.63) is 0 Å². The maximum atomic E-state index is 11.1. The van der Waals surface area contributed by atoms with E-state index < -0.39 is 0 Å². The van der Waals surface area contributed by atoms with Crippen molar-refractivity contribution in [2.24, 2.45) is 5.92 Å². The molecule has 0 radical (unpaired) electrons. The van der Waals surface area contributed by atoms with Gasteiger partial charge in [-0.1, -0.05) is 19.3 Å². The summed E-state index contributed by atoms with van der Waals surface area (Å²) in [6.07, 6.45) is 9.71. The molecule has 1 aliphatic rings. The van der Waals surface area contributed by atoms with Crippen LogP contribution in [-0.4, -0.2) is 39.0 Å². The Hall–Kier alpha value is -0.610. The van der Waals surface area contributed by atoms with Crippen molar-refractivity contribution in [1.82, 2.24) is 0 Å². The minimum atomic E-state index is -0.0612. The summed E-state index contributed by atoms with van der Waals surface area (Å²) in [7, 11) is 0. The third-order valence-electron chi connectivity index (χ3n) is 3.99. The molecule has 4 heteroatoms. The highest BCUT2D eigenvalue weighted by molar-refractivity contribution is 5.69. The molecule has 0 aliphatic carbocycles. The molecule has 1 fully saturated rings. The van der Waals surface area contributed by atoms with E-state index in [1.54, 1.807) is 0 Å². The SMILES string of the molecule is CCOC(=O)CCCCCCCOCCC1CCOCC1. The van der Waals surface area contributed by atoms with Gasteiger partial charge in [0.2, 0.25) is 0 Å². The first-order chi connectivity index (χ1) is 10.3. The predicted molar refractivity (Wildman–Crippen MR) is 83.3 cm³/mol. The van der Waals surface area contributed by atoms with Crippen LogP contribution in [0.15, 0.2) is 0 Å². The molecule has 21 heavy (non-hydrogen) atoms. The average Bonchev–Trinajstić information content (AvgIpc) is 2.50. The molecule has 0 atom stereocenters. The molecular formula is C17H32O4. The molecule has 1 rings (SSSR count). The van der Waals surface area contributed by atoms with Gasteiger partial charge in [0, 0.05) is 32.8 Å². The highest BCUT2D eigenvalue weighted by atomic mass is 16.5. The zero-order chi connectivity index (χ0) is 15.2. The zero-order valence-electron chi connectivity index (χ0n) is 13.6. The van der Waals surface area contributed by atoms with Gasteiger partial charge in [-0.2, -0.15) is 0 Å². The highest BCUT2D eigenvalue weighted by Gasteiger charge is 2.12. The van der Waals surface area contributed by atoms with E-state index in [9.17, 15) is 4.79 Å². The zero-order valence-corrected chi connectivity index (χ0v) is 13.6. The first-order valence-electron chi connectivity index (χ1n) is 8.64. The largest absolute Gasteiger partial charge is 0.466 e. The van der Waals surface area contributed by atoms with Crippen LogP contribution in [0.5, 0.6) is 0 Å². The Balaban J connectivity index is 1.75. The second-order valence-electron chi connectivity index (χ2n) is 5.78. The Morgan fingerprint density at radius 1 is 1.05 bits per heavy atom. The minimum Gasteiger partial charge on any atom is -0.466 e. The standard InChI is InChI=1S/C17H32O4/c1-2-21-17(18)8-6-4-3-5-7-12-19-13-9-16-10-14-20-15-11-16/h16H,2-15H2,1H3. The summed E-state index contributed by atoms with van der Waals surface area (Å²) < 4.78 is 15.9. The van der Waals surface area contributed by atoms with Crippen molar-refractivity contribution in [2.45, 2.75) is 64.7 Å². The maximum Gasteiger partial charge on any atom is 0.305 e. The van der Waals surface area contributed by atoms with Crippen molar-refractivity contribution in [3.63, 3.8) is 0 Å². The van der Waals surface area contributed by atoms with Crippen LogP contribution < -0.4 is 0 Å². The predicted octanol–water partition coefficient (Wildman–Crippen LogP) is 3.72. The summed E-state index contributed by atoms with van der Waals surface area (Å²) in [6.45, 7) is 5.96. The molecule has 1 saturated heterocycles. The lowest BCUT2D eigenvalue weighted by molar-refractivity contribution is -0.143. The fraction of sp³-hybridized carbons (Fsp3) is 0.941. The van der Waals surface area contributed by atoms with Crippen LogP contribution in [0.2, 0.25) is 0 Å². The van der Waals surface area contributed by atoms with Crippen LogP contribution in [0.3, 0.4) is 0 Å². The van der Waals surface area contributed by atoms with Crippen LogP contribution in [0.4, 0.5) is 0 Å². The molecule has 0 amide bonds. The van der Waals surface area contributed by atoms with Gasteiger partial charge in [-0.3, -0.25) is 4.79 Å². The number of carbonyl (C=O) groups excluding carboxylic acids is 1. The van der Waals surface area contributed by atoms with Crippen LogP contribution in [0, 0.1) is 5.92 Å². The highest BCUT2D eigenvalue weighted by Crippen LogP contribution is 2.18. The molecule has 0 bridgehead atoms. The lowest BCUT2D eigenvalue weighted by atomic mass is 9.97. The van der Waals surface area contributed by atoms with Gasteiger partial charge in [0.05, 0.1) is 6.61 Å². The van der Waals surface area contributed by atoms with Gasteiger partial charge in [0.25, 0.3) is 0 Å². The Morgan fingerprint density at radius 2 is 1.76 bits per heavy atom. The van der Waals surface area contributed by atoms with Crippen LogP contribution in [-0.2, 0) is 19.0 Å². The summed E-state index contributed by atoms with van der Waals surface area (Å²) in [5, 5.41) is 0. The second kappa shape index (κ2) is 13.1. The van der Waals surface area contributed by atoms with Gasteiger partial charge in [-0.05, 0) is 44.9 Å². The smallest absolute Gasteiger partial charge is 0.305 e. The fourth-order valence-corrected chi connectivity index (χ4v) is 2.62. The van der Waals surface area contributed by atoms with E-state index in [4.69, 9.17) is 14.2 Å². The van der Waals surface area contributed by atoms with Crippen molar-refractivity contribution in [2.75, 3.05) is 33.0 Å². The Morgan fingerprint density at radius 3 is 2.52 bits per heavy atom. The lowest BCUT2D eigenvalue weighted by Crippen LogP contribution is -2.17. The quantitative estimate of drug-likeness (QED) is 0.407. The third-order valence-corrected chi connectivity index (χ3v) is 3.99. The number of unbranched alkanes of at least 4 members (excludes halogenated alkanes) is 4. The molecule has 0 aromatic rings. The van der Waals surface area contributed by atoms with Gasteiger partial charge in [0.15, 0.2) is 0 Å². The topological polar surface area (TPSA) is 44.8 Å². The lowest BCUT2D eigenvalue weighted by Gasteiger charge is -2.21. The van der Waals surface area contributed by atoms with E-state index in [0.29, 0.717) is 13.0 Å². The summed E-state index contributed by atoms with van der Waals surface area (Å²) >= 11 is 0. The second-order valence-corrected chi connectivity index (χ2v) is 5.78. The molecule has 0 spiro atoms. The van der Waals surface area contributed by atoms with Crippen molar-refractivity contribution >= 4 is 5.97 Å². The van der Waals surface area contributed by atoms with E-state index in [1.165, 1.54) is 32.1 Å². The maximum absolute atomic E-state index is 11.1. The Labute approximate surface area is 129 Å². The van der Waals surface area contributed by atoms with E-state index in [2.05, 4.69) is 0 Å². The van der Waals surface area contributed by atoms with Crippen LogP contribution in [0.1, 0.15) is 64.7 Å². The summed E-state index contributed by atoms with van der Waals surface area (Å²) in [5.74, 6) is 0.746. The first kappa shape index (κ1) is 18.4. The molecule has 0 aromatic heterocycles. The van der Waals surface area contributed by atoms with E-state index in [-0.39, 0.29) is 5.97 Å². The summed E-state index contributed by atoms with van der Waals surface area (Å²) in [6, 6.07) is 0.